The number of aryl methyl sites for hydroxylation is 1. The van der Waals surface area contributed by atoms with E-state index in [4.69, 9.17) is 0 Å². The lowest BCUT2D eigenvalue weighted by atomic mass is 9.98. The Balaban J connectivity index is 1.54. The van der Waals surface area contributed by atoms with Crippen LogP contribution in [-0.4, -0.2) is 42.9 Å². The fourth-order valence-corrected chi connectivity index (χ4v) is 4.22. The van der Waals surface area contributed by atoms with E-state index < -0.39 is 10.0 Å². The number of aromatic amines is 1. The quantitative estimate of drug-likeness (QED) is 0.836. The Morgan fingerprint density at radius 2 is 2.12 bits per heavy atom. The van der Waals surface area contributed by atoms with Crippen LogP contribution >= 0.6 is 0 Å². The summed E-state index contributed by atoms with van der Waals surface area (Å²) in [5.41, 5.74) is 2.14. The lowest BCUT2D eigenvalue weighted by molar-refractivity contribution is 0.167. The maximum Gasteiger partial charge on any atom is 0.240 e. The average Bonchev–Trinajstić information content (AvgIpc) is 3.07. The van der Waals surface area contributed by atoms with Crippen LogP contribution in [0.15, 0.2) is 41.7 Å². The number of piperidine rings is 1. The molecule has 2 aromatic rings. The molecule has 1 aromatic heterocycles. The molecule has 1 aromatic carbocycles. The summed E-state index contributed by atoms with van der Waals surface area (Å²) in [4.78, 5) is 9.84. The summed E-state index contributed by atoms with van der Waals surface area (Å²) >= 11 is 0. The maximum absolute atomic E-state index is 12.4. The van der Waals surface area contributed by atoms with Crippen molar-refractivity contribution in [3.8, 4) is 0 Å². The third-order valence-electron chi connectivity index (χ3n) is 4.45. The fourth-order valence-electron chi connectivity index (χ4n) is 3.10. The number of benzene rings is 1. The summed E-state index contributed by atoms with van der Waals surface area (Å²) in [5.74, 6) is 0.335. The number of hydrogen-bond donors (Lipinski definition) is 2. The lowest BCUT2D eigenvalue weighted by Gasteiger charge is -2.32. The second-order valence-corrected chi connectivity index (χ2v) is 8.25. The van der Waals surface area contributed by atoms with Crippen molar-refractivity contribution >= 4 is 10.0 Å². The van der Waals surface area contributed by atoms with Crippen molar-refractivity contribution in [1.82, 2.24) is 19.6 Å². The van der Waals surface area contributed by atoms with Crippen LogP contribution in [-0.2, 0) is 16.6 Å². The molecule has 2 heterocycles. The zero-order valence-corrected chi connectivity index (χ0v) is 14.7. The summed E-state index contributed by atoms with van der Waals surface area (Å²) in [6.45, 7) is 5.20. The highest BCUT2D eigenvalue weighted by Gasteiger charge is 2.22. The van der Waals surface area contributed by atoms with Gasteiger partial charge in [-0.1, -0.05) is 17.7 Å². The predicted molar refractivity (Wildman–Crippen MR) is 93.0 cm³/mol. The van der Waals surface area contributed by atoms with E-state index in [1.54, 1.807) is 18.5 Å². The number of nitrogens with one attached hydrogen (secondary N) is 2. The molecular weight excluding hydrogens is 324 g/mol. The molecule has 130 valence electrons. The van der Waals surface area contributed by atoms with Gasteiger partial charge in [0.05, 0.1) is 11.2 Å². The van der Waals surface area contributed by atoms with Crippen LogP contribution in [0.25, 0.3) is 0 Å². The van der Waals surface area contributed by atoms with Crippen molar-refractivity contribution in [3.63, 3.8) is 0 Å². The number of hydrogen-bond acceptors (Lipinski definition) is 4. The van der Waals surface area contributed by atoms with E-state index >= 15 is 0 Å². The smallest absolute Gasteiger partial charge is 0.240 e. The number of aromatic nitrogens is 2. The van der Waals surface area contributed by atoms with Crippen LogP contribution in [0, 0.1) is 12.8 Å². The SMILES string of the molecule is Cc1ccc(S(=O)(=O)NC[C@H]2CCCN(Cc3cnc[nH]3)C2)cc1. The average molecular weight is 348 g/mol. The van der Waals surface area contributed by atoms with Crippen molar-refractivity contribution in [2.75, 3.05) is 19.6 Å². The first-order valence-electron chi connectivity index (χ1n) is 8.29. The molecule has 3 rings (SSSR count). The number of nitrogens with zero attached hydrogens (tertiary/aromatic N) is 2. The van der Waals surface area contributed by atoms with Gasteiger partial charge in [0.1, 0.15) is 0 Å². The molecule has 1 fully saturated rings. The first-order chi connectivity index (χ1) is 11.5. The molecular formula is C17H24N4O2S. The minimum Gasteiger partial charge on any atom is -0.347 e. The van der Waals surface area contributed by atoms with Crippen molar-refractivity contribution in [2.45, 2.75) is 31.2 Å². The molecule has 6 nitrogen and oxygen atoms in total. The maximum atomic E-state index is 12.4. The topological polar surface area (TPSA) is 78.1 Å². The van der Waals surface area contributed by atoms with E-state index in [9.17, 15) is 8.42 Å². The Kier molecular flexibility index (Phi) is 5.33. The summed E-state index contributed by atoms with van der Waals surface area (Å²) in [7, 11) is -3.43. The van der Waals surface area contributed by atoms with Crippen LogP contribution < -0.4 is 4.72 Å². The van der Waals surface area contributed by atoms with E-state index in [0.717, 1.165) is 43.7 Å². The van der Waals surface area contributed by atoms with E-state index in [0.29, 0.717) is 17.4 Å². The van der Waals surface area contributed by atoms with E-state index in [1.165, 1.54) is 0 Å². The second-order valence-electron chi connectivity index (χ2n) is 6.49. The number of H-pyrrole nitrogens is 1. The Morgan fingerprint density at radius 1 is 1.33 bits per heavy atom. The molecule has 1 saturated heterocycles. The van der Waals surface area contributed by atoms with Gasteiger partial charge in [-0.25, -0.2) is 18.1 Å². The zero-order chi connectivity index (χ0) is 17.0. The summed E-state index contributed by atoms with van der Waals surface area (Å²) < 4.78 is 27.5. The van der Waals surface area contributed by atoms with Gasteiger partial charge in [0.2, 0.25) is 10.0 Å². The number of imidazole rings is 1. The highest BCUT2D eigenvalue weighted by Crippen LogP contribution is 2.18. The molecule has 24 heavy (non-hydrogen) atoms. The highest BCUT2D eigenvalue weighted by molar-refractivity contribution is 7.89. The minimum absolute atomic E-state index is 0.332. The third kappa shape index (κ3) is 4.43. The zero-order valence-electron chi connectivity index (χ0n) is 13.9. The molecule has 0 radical (unpaired) electrons. The number of rotatable bonds is 6. The molecule has 1 aliphatic rings. The predicted octanol–water partition coefficient (Wildman–Crippen LogP) is 1.91. The van der Waals surface area contributed by atoms with Gasteiger partial charge in [-0.2, -0.15) is 0 Å². The number of likely N-dealkylation sites (tertiary alicyclic amines) is 1. The second kappa shape index (κ2) is 7.46. The van der Waals surface area contributed by atoms with Gasteiger partial charge in [-0.3, -0.25) is 4.90 Å². The van der Waals surface area contributed by atoms with Crippen LogP contribution in [0.5, 0.6) is 0 Å². The van der Waals surface area contributed by atoms with Crippen molar-refractivity contribution in [3.05, 3.63) is 48.0 Å². The van der Waals surface area contributed by atoms with Gasteiger partial charge in [0.15, 0.2) is 0 Å². The molecule has 0 amide bonds. The standard InChI is InChI=1S/C17H24N4O2S/c1-14-4-6-17(7-5-14)24(22,23)20-9-15-3-2-8-21(11-15)12-16-10-18-13-19-16/h4-7,10,13,15,20H,2-3,8-9,11-12H2,1H3,(H,18,19)/t15-/m1/s1. The summed E-state index contributed by atoms with van der Waals surface area (Å²) in [5, 5.41) is 0. The normalized spacial score (nSPS) is 19.5. The third-order valence-corrected chi connectivity index (χ3v) is 5.88. The van der Waals surface area contributed by atoms with Crippen LogP contribution in [0.3, 0.4) is 0 Å². The molecule has 0 saturated carbocycles. The Hall–Kier alpha value is -1.70. The molecule has 1 atom stereocenters. The van der Waals surface area contributed by atoms with Gasteiger partial charge in [0, 0.05) is 31.5 Å². The fraction of sp³-hybridized carbons (Fsp3) is 0.471. The van der Waals surface area contributed by atoms with Gasteiger partial charge in [-0.15, -0.1) is 0 Å². The summed E-state index contributed by atoms with van der Waals surface area (Å²) in [6, 6.07) is 6.95. The minimum atomic E-state index is -3.43. The van der Waals surface area contributed by atoms with E-state index in [-0.39, 0.29) is 0 Å². The summed E-state index contributed by atoms with van der Waals surface area (Å²) in [6.07, 6.45) is 5.66. The molecule has 7 heteroatoms. The van der Waals surface area contributed by atoms with E-state index in [1.807, 2.05) is 25.3 Å². The number of sulfonamides is 1. The van der Waals surface area contributed by atoms with Gasteiger partial charge in [-0.05, 0) is 44.4 Å². The highest BCUT2D eigenvalue weighted by atomic mass is 32.2. The van der Waals surface area contributed by atoms with Crippen molar-refractivity contribution in [1.29, 1.82) is 0 Å². The molecule has 0 aliphatic carbocycles. The van der Waals surface area contributed by atoms with Gasteiger partial charge < -0.3 is 4.98 Å². The lowest BCUT2D eigenvalue weighted by Crippen LogP contribution is -2.40. The molecule has 1 aliphatic heterocycles. The van der Waals surface area contributed by atoms with Crippen LogP contribution in [0.1, 0.15) is 24.1 Å². The molecule has 0 unspecified atom stereocenters. The van der Waals surface area contributed by atoms with Crippen LogP contribution in [0.2, 0.25) is 0 Å². The molecule has 0 bridgehead atoms. The van der Waals surface area contributed by atoms with Crippen LogP contribution in [0.4, 0.5) is 0 Å². The monoisotopic (exact) mass is 348 g/mol. The molecule has 2 N–H and O–H groups in total. The first kappa shape index (κ1) is 17.1. The van der Waals surface area contributed by atoms with E-state index in [2.05, 4.69) is 19.6 Å². The Bertz CT molecular complexity index is 741. The van der Waals surface area contributed by atoms with Crippen molar-refractivity contribution < 1.29 is 8.42 Å². The van der Waals surface area contributed by atoms with Gasteiger partial charge >= 0.3 is 0 Å². The van der Waals surface area contributed by atoms with Crippen molar-refractivity contribution in [2.24, 2.45) is 5.92 Å². The largest absolute Gasteiger partial charge is 0.347 e. The molecule has 0 spiro atoms. The Labute approximate surface area is 143 Å². The van der Waals surface area contributed by atoms with Gasteiger partial charge in [0.25, 0.3) is 0 Å². The Morgan fingerprint density at radius 3 is 2.83 bits per heavy atom. The first-order valence-corrected chi connectivity index (χ1v) is 9.77.